The van der Waals surface area contributed by atoms with Crippen LogP contribution in [0, 0.1) is 0 Å². The second-order valence-corrected chi connectivity index (χ2v) is 6.97. The molecule has 0 radical (unpaired) electrons. The molecule has 0 spiro atoms. The molecule has 0 saturated heterocycles. The molecule has 1 rings (SSSR count). The van der Waals surface area contributed by atoms with E-state index in [0.717, 1.165) is 56.8 Å². The van der Waals surface area contributed by atoms with Gasteiger partial charge in [-0.25, -0.2) is 0 Å². The molecule has 0 unspecified atom stereocenters. The minimum Gasteiger partial charge on any atom is -0.494 e. The number of nitrogens with zero attached hydrogens (tertiary/aromatic N) is 1. The van der Waals surface area contributed by atoms with Crippen LogP contribution in [-0.2, 0) is 9.53 Å². The maximum Gasteiger partial charge on any atom is 0.256 e. The van der Waals surface area contributed by atoms with Gasteiger partial charge in [0.2, 0.25) is 0 Å². The maximum absolute atomic E-state index is 12.7. The van der Waals surface area contributed by atoms with E-state index in [4.69, 9.17) is 9.47 Å². The Hall–Kier alpha value is -1.59. The number of amides is 1. The Kier molecular flexibility index (Phi) is 11.1. The highest BCUT2D eigenvalue weighted by molar-refractivity contribution is 5.97. The molecule has 1 N–H and O–H groups in total. The molecule has 0 aliphatic rings. The summed E-state index contributed by atoms with van der Waals surface area (Å²) < 4.78 is 11.6. The van der Waals surface area contributed by atoms with E-state index in [1.165, 1.54) is 0 Å². The van der Waals surface area contributed by atoms with E-state index < -0.39 is 5.60 Å². The van der Waals surface area contributed by atoms with Gasteiger partial charge in [-0.2, -0.15) is 0 Å². The summed E-state index contributed by atoms with van der Waals surface area (Å²) in [5.74, 6) is 0.733. The zero-order valence-corrected chi connectivity index (χ0v) is 17.8. The molecule has 1 aromatic carbocycles. The Morgan fingerprint density at radius 3 is 2.30 bits per heavy atom. The Morgan fingerprint density at radius 1 is 1.07 bits per heavy atom. The minimum absolute atomic E-state index is 0.0920. The van der Waals surface area contributed by atoms with Crippen LogP contribution >= 0.6 is 0 Å². The summed E-state index contributed by atoms with van der Waals surface area (Å²) in [6.07, 6.45) is 3.72. The molecule has 27 heavy (non-hydrogen) atoms. The largest absolute Gasteiger partial charge is 0.494 e. The molecule has 1 atom stereocenters. The van der Waals surface area contributed by atoms with Crippen LogP contribution in [0.4, 0.5) is 5.69 Å². The number of ether oxygens (including phenoxy) is 2. The molecule has 1 amide bonds. The number of carbonyl (C=O) groups excluding carboxylic acids is 1. The van der Waals surface area contributed by atoms with Crippen LogP contribution in [-0.4, -0.2) is 49.3 Å². The molecule has 1 aromatic rings. The molecule has 0 aliphatic heterocycles. The van der Waals surface area contributed by atoms with Gasteiger partial charge < -0.3 is 19.7 Å². The van der Waals surface area contributed by atoms with Gasteiger partial charge >= 0.3 is 0 Å². The van der Waals surface area contributed by atoms with Crippen molar-refractivity contribution in [1.29, 1.82) is 0 Å². The highest BCUT2D eigenvalue weighted by Crippen LogP contribution is 2.23. The third-order valence-electron chi connectivity index (χ3n) is 4.84. The molecular formula is C22H38N2O3. The van der Waals surface area contributed by atoms with E-state index in [0.29, 0.717) is 13.2 Å². The Balaban J connectivity index is 2.51. The number of rotatable bonds is 14. The average molecular weight is 379 g/mol. The summed E-state index contributed by atoms with van der Waals surface area (Å²) in [6.45, 7) is 14.7. The van der Waals surface area contributed by atoms with Crippen molar-refractivity contribution in [2.75, 3.05) is 38.2 Å². The van der Waals surface area contributed by atoms with Crippen LogP contribution in [0.5, 0.6) is 5.75 Å². The Bertz CT molecular complexity index is 529. The highest BCUT2D eigenvalue weighted by atomic mass is 16.5. The lowest BCUT2D eigenvalue weighted by Gasteiger charge is -2.28. The van der Waals surface area contributed by atoms with Crippen LogP contribution in [0.2, 0.25) is 0 Å². The molecule has 5 heteroatoms. The summed E-state index contributed by atoms with van der Waals surface area (Å²) in [6, 6.07) is 7.56. The van der Waals surface area contributed by atoms with Crippen molar-refractivity contribution in [3.05, 3.63) is 24.3 Å². The van der Waals surface area contributed by atoms with Crippen LogP contribution in [0.1, 0.15) is 60.3 Å². The van der Waals surface area contributed by atoms with Crippen molar-refractivity contribution < 1.29 is 14.3 Å². The van der Waals surface area contributed by atoms with Crippen molar-refractivity contribution in [1.82, 2.24) is 4.90 Å². The fourth-order valence-electron chi connectivity index (χ4n) is 3.00. The minimum atomic E-state index is -0.787. The first-order chi connectivity index (χ1) is 13.0. The fraction of sp³-hybridized carbons (Fsp3) is 0.682. The van der Waals surface area contributed by atoms with Gasteiger partial charge in [-0.3, -0.25) is 4.79 Å². The Morgan fingerprint density at radius 2 is 1.74 bits per heavy atom. The van der Waals surface area contributed by atoms with Gasteiger partial charge in [-0.05, 0) is 64.0 Å². The summed E-state index contributed by atoms with van der Waals surface area (Å²) in [5, 5.41) is 2.97. The van der Waals surface area contributed by atoms with Crippen molar-refractivity contribution >= 4 is 11.6 Å². The molecule has 0 bridgehead atoms. The number of nitrogens with one attached hydrogen (secondary N) is 1. The molecule has 5 nitrogen and oxygen atoms in total. The van der Waals surface area contributed by atoms with Crippen LogP contribution in [0.15, 0.2) is 24.3 Å². The third kappa shape index (κ3) is 8.31. The molecule has 154 valence electrons. The summed E-state index contributed by atoms with van der Waals surface area (Å²) in [4.78, 5) is 15.1. The van der Waals surface area contributed by atoms with Crippen molar-refractivity contribution in [3.8, 4) is 5.75 Å². The first kappa shape index (κ1) is 23.4. The number of unbranched alkanes of at least 4 members (excludes halogenated alkanes) is 1. The number of carbonyl (C=O) groups is 1. The van der Waals surface area contributed by atoms with E-state index in [-0.39, 0.29) is 5.91 Å². The van der Waals surface area contributed by atoms with Gasteiger partial charge in [0.1, 0.15) is 11.4 Å². The van der Waals surface area contributed by atoms with E-state index >= 15 is 0 Å². The van der Waals surface area contributed by atoms with Gasteiger partial charge in [-0.15, -0.1) is 0 Å². The maximum atomic E-state index is 12.7. The molecule has 0 aliphatic carbocycles. The van der Waals surface area contributed by atoms with E-state index in [2.05, 4.69) is 31.0 Å². The van der Waals surface area contributed by atoms with Gasteiger partial charge in [-0.1, -0.05) is 33.6 Å². The zero-order chi connectivity index (χ0) is 20.1. The number of hydrogen-bond acceptors (Lipinski definition) is 4. The lowest BCUT2D eigenvalue weighted by atomic mass is 9.97. The predicted molar refractivity (Wildman–Crippen MR) is 113 cm³/mol. The normalized spacial score (nSPS) is 13.4. The number of benzene rings is 1. The lowest BCUT2D eigenvalue weighted by Crippen LogP contribution is -2.42. The van der Waals surface area contributed by atoms with Crippen LogP contribution < -0.4 is 10.1 Å². The van der Waals surface area contributed by atoms with Crippen LogP contribution in [0.25, 0.3) is 0 Å². The molecule has 0 heterocycles. The summed E-state index contributed by atoms with van der Waals surface area (Å²) in [7, 11) is 0. The van der Waals surface area contributed by atoms with Crippen molar-refractivity contribution in [3.63, 3.8) is 0 Å². The van der Waals surface area contributed by atoms with Gasteiger partial charge in [0.15, 0.2) is 0 Å². The average Bonchev–Trinajstić information content (AvgIpc) is 2.68. The van der Waals surface area contributed by atoms with Crippen LogP contribution in [0.3, 0.4) is 0 Å². The first-order valence-corrected chi connectivity index (χ1v) is 10.4. The molecule has 0 saturated carbocycles. The summed E-state index contributed by atoms with van der Waals surface area (Å²) >= 11 is 0. The number of hydrogen-bond donors (Lipinski definition) is 1. The smallest absolute Gasteiger partial charge is 0.256 e. The fourth-order valence-corrected chi connectivity index (χ4v) is 3.00. The first-order valence-electron chi connectivity index (χ1n) is 10.4. The van der Waals surface area contributed by atoms with E-state index in [9.17, 15) is 4.79 Å². The monoisotopic (exact) mass is 378 g/mol. The van der Waals surface area contributed by atoms with Gasteiger partial charge in [0.25, 0.3) is 5.91 Å². The highest BCUT2D eigenvalue weighted by Gasteiger charge is 2.33. The predicted octanol–water partition coefficient (Wildman–Crippen LogP) is 4.72. The van der Waals surface area contributed by atoms with E-state index in [1.54, 1.807) is 0 Å². The van der Waals surface area contributed by atoms with E-state index in [1.807, 2.05) is 38.1 Å². The molecule has 0 fully saturated rings. The lowest BCUT2D eigenvalue weighted by molar-refractivity contribution is -0.139. The van der Waals surface area contributed by atoms with Crippen molar-refractivity contribution in [2.24, 2.45) is 0 Å². The second-order valence-electron chi connectivity index (χ2n) is 6.97. The van der Waals surface area contributed by atoms with Gasteiger partial charge in [0.05, 0.1) is 6.61 Å². The summed E-state index contributed by atoms with van der Waals surface area (Å²) in [5.41, 5.74) is -0.0254. The van der Waals surface area contributed by atoms with Crippen molar-refractivity contribution in [2.45, 2.75) is 65.9 Å². The second kappa shape index (κ2) is 12.7. The molecular weight excluding hydrogens is 340 g/mol. The number of anilines is 1. The topological polar surface area (TPSA) is 50.8 Å². The third-order valence-corrected chi connectivity index (χ3v) is 4.84. The SMILES string of the molecule is CCCC[C@](C)(OCC)C(=O)Nc1ccc(OCCCN(CC)CC)cc1. The standard InChI is InChI=1S/C22H38N2O3/c1-6-10-16-22(5,27-9-4)21(25)23-19-12-14-20(15-13-19)26-18-11-17-24(7-2)8-3/h12-15H,6-11,16-18H2,1-5H3,(H,23,25)/t22-/m0/s1. The molecule has 0 aromatic heterocycles. The quantitative estimate of drug-likeness (QED) is 0.476. The zero-order valence-electron chi connectivity index (χ0n) is 17.8. The Labute approximate surface area is 165 Å². The van der Waals surface area contributed by atoms with Gasteiger partial charge in [0, 0.05) is 18.8 Å².